The molecule has 0 saturated heterocycles. The number of carbonyl (C=O) groups excluding carboxylic acids is 3. The summed E-state index contributed by atoms with van der Waals surface area (Å²) in [6, 6.07) is 13.7. The van der Waals surface area contributed by atoms with Crippen molar-refractivity contribution in [3.63, 3.8) is 0 Å². The minimum absolute atomic E-state index is 0.0145. The molecule has 0 atom stereocenters. The van der Waals surface area contributed by atoms with Gasteiger partial charge in [-0.1, -0.05) is 62.2 Å². The largest absolute Gasteiger partial charge is 0.457 e. The quantitative estimate of drug-likeness (QED) is 0.104. The number of hydrogen-bond donors (Lipinski definition) is 2. The number of aromatic nitrogens is 2. The summed E-state index contributed by atoms with van der Waals surface area (Å²) in [6.07, 6.45) is 4.73. The normalized spacial score (nSPS) is 16.8. The number of benzene rings is 2. The molecule has 1 aliphatic rings. The van der Waals surface area contributed by atoms with Gasteiger partial charge in [0.05, 0.1) is 27.2 Å². The van der Waals surface area contributed by atoms with Crippen LogP contribution in [0.4, 0.5) is 4.79 Å². The summed E-state index contributed by atoms with van der Waals surface area (Å²) in [4.78, 5) is 48.7. The predicted octanol–water partition coefficient (Wildman–Crippen LogP) is 10.1. The number of fused-ring (bicyclic) bond motifs is 1. The van der Waals surface area contributed by atoms with E-state index in [0.29, 0.717) is 42.8 Å². The summed E-state index contributed by atoms with van der Waals surface area (Å²) in [7, 11) is -2.00. The highest BCUT2D eigenvalue weighted by atomic mass is 35.5. The van der Waals surface area contributed by atoms with Gasteiger partial charge in [0.25, 0.3) is 5.91 Å². The molecule has 1 fully saturated rings. The maximum atomic E-state index is 14.3. The van der Waals surface area contributed by atoms with Gasteiger partial charge in [0.15, 0.2) is 14.1 Å². The van der Waals surface area contributed by atoms with Gasteiger partial charge in [0, 0.05) is 35.5 Å². The van der Waals surface area contributed by atoms with E-state index >= 15 is 0 Å². The van der Waals surface area contributed by atoms with Crippen LogP contribution in [-0.2, 0) is 9.16 Å². The van der Waals surface area contributed by atoms with E-state index in [1.807, 2.05) is 30.3 Å². The smallest absolute Gasteiger partial charge is 0.426 e. The number of aromatic amines is 1. The molecular formula is C38H46Cl2N4O6Si. The lowest BCUT2D eigenvalue weighted by Crippen LogP contribution is -2.55. The molecule has 272 valence electrons. The number of carbonyl (C=O) groups is 3. The second-order valence-corrected chi connectivity index (χ2v) is 20.9. The van der Waals surface area contributed by atoms with Crippen molar-refractivity contribution in [2.75, 3.05) is 0 Å². The number of ketones is 1. The van der Waals surface area contributed by atoms with E-state index in [-0.39, 0.29) is 49.3 Å². The molecule has 0 bridgehead atoms. The Bertz CT molecular complexity index is 1910. The summed E-state index contributed by atoms with van der Waals surface area (Å²) >= 11 is 13.6. The Hall–Kier alpha value is -3.90. The molecule has 10 nitrogen and oxygen atoms in total. The third kappa shape index (κ3) is 8.95. The summed E-state index contributed by atoms with van der Waals surface area (Å²) in [5.41, 5.74) is 2.64. The molecule has 2 amide bonds. The average Bonchev–Trinajstić information content (AvgIpc) is 3.48. The molecule has 1 saturated carbocycles. The van der Waals surface area contributed by atoms with Gasteiger partial charge >= 0.3 is 6.09 Å². The van der Waals surface area contributed by atoms with E-state index < -0.39 is 31.7 Å². The third-order valence-corrected chi connectivity index (χ3v) is 14.6. The number of amides is 2. The number of ether oxygens (including phenoxy) is 2. The fraction of sp³-hybridized carbons (Fsp3) is 0.421. The van der Waals surface area contributed by atoms with E-state index in [0.717, 1.165) is 0 Å². The Morgan fingerprint density at radius 2 is 1.57 bits per heavy atom. The summed E-state index contributed by atoms with van der Waals surface area (Å²) < 4.78 is 18.1. The monoisotopic (exact) mass is 752 g/mol. The zero-order valence-electron chi connectivity index (χ0n) is 30.4. The summed E-state index contributed by atoms with van der Waals surface area (Å²) in [6.45, 7) is 16.3. The van der Waals surface area contributed by atoms with Crippen molar-refractivity contribution in [3.8, 4) is 11.5 Å². The van der Waals surface area contributed by atoms with Gasteiger partial charge in [0.1, 0.15) is 22.7 Å². The van der Waals surface area contributed by atoms with E-state index in [1.54, 1.807) is 39.0 Å². The van der Waals surface area contributed by atoms with Gasteiger partial charge in [-0.15, -0.1) is 0 Å². The number of rotatable bonds is 8. The van der Waals surface area contributed by atoms with Crippen LogP contribution in [0.5, 0.6) is 11.5 Å². The molecule has 0 radical (unpaired) electrons. The highest BCUT2D eigenvalue weighted by Gasteiger charge is 2.41. The van der Waals surface area contributed by atoms with Crippen LogP contribution in [0.3, 0.4) is 0 Å². The van der Waals surface area contributed by atoms with Gasteiger partial charge in [-0.25, -0.2) is 20.2 Å². The van der Waals surface area contributed by atoms with E-state index in [9.17, 15) is 14.4 Å². The molecule has 0 aliphatic heterocycles. The average molecular weight is 754 g/mol. The van der Waals surface area contributed by atoms with Gasteiger partial charge in [-0.05, 0) is 88.9 Å². The Balaban J connectivity index is 1.42. The zero-order chi connectivity index (χ0) is 37.3. The number of hydrazine groups is 1. The first kappa shape index (κ1) is 38.3. The molecule has 0 spiro atoms. The van der Waals surface area contributed by atoms with Gasteiger partial charge < -0.3 is 18.9 Å². The molecular weight excluding hydrogens is 707 g/mol. The fourth-order valence-electron chi connectivity index (χ4n) is 5.75. The van der Waals surface area contributed by atoms with Crippen molar-refractivity contribution in [3.05, 3.63) is 87.7 Å². The minimum atomic E-state index is -2.00. The van der Waals surface area contributed by atoms with Crippen LogP contribution in [0.2, 0.25) is 28.2 Å². The van der Waals surface area contributed by atoms with Crippen LogP contribution in [0, 0.1) is 0 Å². The van der Waals surface area contributed by atoms with Crippen LogP contribution < -0.4 is 10.2 Å². The first-order valence-electron chi connectivity index (χ1n) is 17.1. The van der Waals surface area contributed by atoms with Gasteiger partial charge in [-0.3, -0.25) is 9.59 Å². The highest BCUT2D eigenvalue weighted by molar-refractivity contribution is 6.74. The molecule has 2 aromatic carbocycles. The van der Waals surface area contributed by atoms with Crippen LogP contribution in [0.1, 0.15) is 93.5 Å². The SMILES string of the molecule is CC(C)(C)OC(=O)NN(C(=O)c1cnc2[nH]cc(C(=O)c3ccc(Oc4ccccc4)cc3Cl)c2c1Cl)C1CCC(O[Si](C)(C)C(C)(C)C)CC1. The number of hydrogen-bond acceptors (Lipinski definition) is 7. The molecule has 5 rings (SSSR count). The minimum Gasteiger partial charge on any atom is -0.457 e. The number of nitrogens with zero attached hydrogens (tertiary/aromatic N) is 2. The molecule has 51 heavy (non-hydrogen) atoms. The summed E-state index contributed by atoms with van der Waals surface area (Å²) in [5, 5.41) is 1.82. The van der Waals surface area contributed by atoms with Gasteiger partial charge in [-0.2, -0.15) is 0 Å². The Morgan fingerprint density at radius 3 is 2.18 bits per heavy atom. The van der Waals surface area contributed by atoms with Crippen LogP contribution in [0.25, 0.3) is 11.0 Å². The highest BCUT2D eigenvalue weighted by Crippen LogP contribution is 2.40. The first-order chi connectivity index (χ1) is 23.8. The van der Waals surface area contributed by atoms with Gasteiger partial charge in [0.2, 0.25) is 0 Å². The van der Waals surface area contributed by atoms with E-state index in [1.165, 1.54) is 17.4 Å². The number of halogens is 2. The number of pyridine rings is 1. The van der Waals surface area contributed by atoms with Crippen molar-refractivity contribution in [2.24, 2.45) is 0 Å². The second kappa shape index (κ2) is 15.0. The van der Waals surface area contributed by atoms with Crippen molar-refractivity contribution >= 4 is 60.3 Å². The van der Waals surface area contributed by atoms with Crippen LogP contribution in [-0.4, -0.2) is 58.8 Å². The molecule has 4 aromatic rings. The molecule has 13 heteroatoms. The molecule has 2 N–H and O–H groups in total. The van der Waals surface area contributed by atoms with Crippen molar-refractivity contribution in [2.45, 2.75) is 103 Å². The standard InChI is InChI=1S/C38H46Cl2N4O6Si/c1-37(2,3)49-36(47)43-44(23-14-16-25(17-15-23)50-51(7,8)38(4,5)6)35(46)29-22-42-34-31(32(29)40)28(21-41-34)33(45)27-19-18-26(20-30(27)39)48-24-12-10-9-11-13-24/h9-13,18-23,25H,14-17H2,1-8H3,(H,41,42)(H,43,47). The maximum Gasteiger partial charge on any atom is 0.426 e. The van der Waals surface area contributed by atoms with E-state index in [4.69, 9.17) is 37.1 Å². The maximum absolute atomic E-state index is 14.3. The number of para-hydroxylation sites is 1. The second-order valence-electron chi connectivity index (χ2n) is 15.4. The lowest BCUT2D eigenvalue weighted by Gasteiger charge is -2.42. The molecule has 2 aromatic heterocycles. The number of nitrogens with one attached hydrogen (secondary N) is 2. The lowest BCUT2D eigenvalue weighted by molar-refractivity contribution is 0.0116. The van der Waals surface area contributed by atoms with Crippen molar-refractivity contribution in [1.82, 2.24) is 20.4 Å². The zero-order valence-corrected chi connectivity index (χ0v) is 32.9. The third-order valence-electron chi connectivity index (χ3n) is 9.38. The Kier molecular flexibility index (Phi) is 11.3. The Morgan fingerprint density at radius 1 is 0.902 bits per heavy atom. The fourth-order valence-corrected chi connectivity index (χ4v) is 7.75. The lowest BCUT2D eigenvalue weighted by atomic mass is 9.92. The summed E-state index contributed by atoms with van der Waals surface area (Å²) in [5.74, 6) is 0.0955. The van der Waals surface area contributed by atoms with E-state index in [2.05, 4.69) is 49.3 Å². The first-order valence-corrected chi connectivity index (χ1v) is 20.7. The molecule has 1 aliphatic carbocycles. The predicted molar refractivity (Wildman–Crippen MR) is 202 cm³/mol. The van der Waals surface area contributed by atoms with Crippen molar-refractivity contribution < 1.29 is 28.3 Å². The van der Waals surface area contributed by atoms with Crippen molar-refractivity contribution in [1.29, 1.82) is 0 Å². The van der Waals surface area contributed by atoms with Crippen LogP contribution in [0.15, 0.2) is 60.9 Å². The Labute approximate surface area is 310 Å². The topological polar surface area (TPSA) is 123 Å². The molecule has 2 heterocycles. The molecule has 0 unspecified atom stereocenters. The van der Waals surface area contributed by atoms with Crippen LogP contribution >= 0.6 is 23.2 Å². The number of H-pyrrole nitrogens is 1.